The number of nitrogens with one attached hydrogen (secondary N) is 2. The molecule has 4 N–H and O–H groups in total. The second-order valence-corrected chi connectivity index (χ2v) is 8.74. The van der Waals surface area contributed by atoms with Crippen LogP contribution in [0.15, 0.2) is 91.3 Å². The summed E-state index contributed by atoms with van der Waals surface area (Å²) in [5.74, 6) is 0.988. The number of nitrogen functional groups attached to an aromatic ring is 1. The van der Waals surface area contributed by atoms with Gasteiger partial charge in [-0.1, -0.05) is 24.3 Å². The second-order valence-electron chi connectivity index (χ2n) is 8.74. The molecule has 9 heteroatoms. The second kappa shape index (κ2) is 11.3. The Balaban J connectivity index is 1.30. The molecule has 0 aliphatic carbocycles. The molecule has 1 aromatic heterocycles. The number of nitrogens with zero attached hydrogens (tertiary/aromatic N) is 2. The molecule has 3 amide bonds. The van der Waals surface area contributed by atoms with E-state index in [1.165, 1.54) is 0 Å². The van der Waals surface area contributed by atoms with E-state index in [4.69, 9.17) is 15.2 Å². The predicted molar refractivity (Wildman–Crippen MR) is 145 cm³/mol. The molecule has 0 saturated carbocycles. The highest BCUT2D eigenvalue weighted by Crippen LogP contribution is 2.32. The number of carbonyl (C=O) groups is 2. The lowest BCUT2D eigenvalue weighted by atomic mass is 10.1. The number of ether oxygens (including phenoxy) is 2. The van der Waals surface area contributed by atoms with Gasteiger partial charge in [-0.3, -0.25) is 9.78 Å². The molecule has 0 unspecified atom stereocenters. The Morgan fingerprint density at radius 3 is 2.24 bits per heavy atom. The Kier molecular flexibility index (Phi) is 7.35. The molecule has 0 atom stereocenters. The van der Waals surface area contributed by atoms with Gasteiger partial charge in [0.25, 0.3) is 5.91 Å². The van der Waals surface area contributed by atoms with E-state index >= 15 is 0 Å². The first kappa shape index (κ1) is 24.6. The van der Waals surface area contributed by atoms with Gasteiger partial charge in [-0.05, 0) is 59.7 Å². The number of urea groups is 1. The summed E-state index contributed by atoms with van der Waals surface area (Å²) >= 11 is 0. The van der Waals surface area contributed by atoms with E-state index in [1.807, 2.05) is 30.3 Å². The lowest BCUT2D eigenvalue weighted by Crippen LogP contribution is -2.34. The molecule has 5 rings (SSSR count). The van der Waals surface area contributed by atoms with Gasteiger partial charge in [-0.25, -0.2) is 4.79 Å². The van der Waals surface area contributed by atoms with Crippen molar-refractivity contribution < 1.29 is 19.1 Å². The highest BCUT2D eigenvalue weighted by atomic mass is 16.6. The van der Waals surface area contributed by atoms with Crippen molar-refractivity contribution >= 4 is 29.0 Å². The van der Waals surface area contributed by atoms with E-state index in [0.717, 1.165) is 11.1 Å². The summed E-state index contributed by atoms with van der Waals surface area (Å²) in [7, 11) is 0. The summed E-state index contributed by atoms with van der Waals surface area (Å²) in [5.41, 5.74) is 9.88. The summed E-state index contributed by atoms with van der Waals surface area (Å²) in [4.78, 5) is 31.8. The zero-order chi connectivity index (χ0) is 26.3. The maximum atomic E-state index is 13.4. The number of amides is 3. The molecule has 0 saturated heterocycles. The Morgan fingerprint density at radius 1 is 0.816 bits per heavy atom. The van der Waals surface area contributed by atoms with Crippen molar-refractivity contribution in [2.45, 2.75) is 13.1 Å². The van der Waals surface area contributed by atoms with Crippen molar-refractivity contribution in [1.82, 2.24) is 9.88 Å². The van der Waals surface area contributed by atoms with Gasteiger partial charge in [0, 0.05) is 42.8 Å². The van der Waals surface area contributed by atoms with Gasteiger partial charge in [-0.15, -0.1) is 0 Å². The molecule has 9 nitrogen and oxygen atoms in total. The van der Waals surface area contributed by atoms with Crippen molar-refractivity contribution in [3.63, 3.8) is 0 Å². The third kappa shape index (κ3) is 6.01. The van der Waals surface area contributed by atoms with Gasteiger partial charge in [-0.2, -0.15) is 0 Å². The normalized spacial score (nSPS) is 11.9. The van der Waals surface area contributed by atoms with Crippen LogP contribution in [0.25, 0.3) is 0 Å². The maximum Gasteiger partial charge on any atom is 0.322 e. The molecule has 0 radical (unpaired) electrons. The van der Waals surface area contributed by atoms with Crippen LogP contribution in [0, 0.1) is 0 Å². The number of nitrogens with two attached hydrogens (primary N) is 1. The van der Waals surface area contributed by atoms with Crippen LogP contribution in [-0.2, 0) is 13.1 Å². The highest BCUT2D eigenvalue weighted by Gasteiger charge is 2.18. The molecule has 0 fully saturated rings. The predicted octanol–water partition coefficient (Wildman–Crippen LogP) is 4.92. The zero-order valence-electron chi connectivity index (χ0n) is 20.6. The number of fused-ring (bicyclic) bond motifs is 1. The number of rotatable bonds is 7. The van der Waals surface area contributed by atoms with Gasteiger partial charge in [0.15, 0.2) is 11.5 Å². The molecule has 3 aromatic carbocycles. The first-order valence-electron chi connectivity index (χ1n) is 12.1. The Hall–Kier alpha value is -5.05. The SMILES string of the molecule is Nc1ccccc1NC(=O)c1ccc(CN(Cc2ccncc2)C(=O)Nc2ccc3c(c2)OCCO3)cc1. The van der Waals surface area contributed by atoms with Crippen LogP contribution in [-0.4, -0.2) is 35.0 Å². The van der Waals surface area contributed by atoms with Gasteiger partial charge >= 0.3 is 6.03 Å². The maximum absolute atomic E-state index is 13.4. The third-order valence-electron chi connectivity index (χ3n) is 6.00. The topological polar surface area (TPSA) is 119 Å². The summed E-state index contributed by atoms with van der Waals surface area (Å²) in [6.07, 6.45) is 3.39. The van der Waals surface area contributed by atoms with Crippen LogP contribution in [0.5, 0.6) is 11.5 Å². The van der Waals surface area contributed by atoms with Crippen molar-refractivity contribution in [3.8, 4) is 11.5 Å². The van der Waals surface area contributed by atoms with E-state index < -0.39 is 0 Å². The lowest BCUT2D eigenvalue weighted by Gasteiger charge is -2.24. The average molecular weight is 510 g/mol. The van der Waals surface area contributed by atoms with Crippen LogP contribution in [0.2, 0.25) is 0 Å². The molecular weight excluding hydrogens is 482 g/mol. The molecule has 1 aliphatic rings. The van der Waals surface area contributed by atoms with Crippen molar-refractivity contribution in [2.24, 2.45) is 0 Å². The molecule has 0 spiro atoms. The van der Waals surface area contributed by atoms with Crippen molar-refractivity contribution in [2.75, 3.05) is 29.6 Å². The Morgan fingerprint density at radius 2 is 1.50 bits per heavy atom. The van der Waals surface area contributed by atoms with Gasteiger partial charge in [0.2, 0.25) is 0 Å². The molecule has 4 aromatic rings. The quantitative estimate of drug-likeness (QED) is 0.304. The average Bonchev–Trinajstić information content (AvgIpc) is 2.95. The highest BCUT2D eigenvalue weighted by molar-refractivity contribution is 6.05. The fraction of sp³-hybridized carbons (Fsp3) is 0.138. The number of pyridine rings is 1. The number of hydrogen-bond acceptors (Lipinski definition) is 6. The molecule has 38 heavy (non-hydrogen) atoms. The van der Waals surface area contributed by atoms with Crippen LogP contribution < -0.4 is 25.8 Å². The van der Waals surface area contributed by atoms with Crippen molar-refractivity contribution in [1.29, 1.82) is 0 Å². The minimum atomic E-state index is -0.278. The zero-order valence-corrected chi connectivity index (χ0v) is 20.6. The minimum absolute atomic E-state index is 0.264. The molecule has 0 bridgehead atoms. The fourth-order valence-electron chi connectivity index (χ4n) is 4.02. The summed E-state index contributed by atoms with van der Waals surface area (Å²) in [6.45, 7) is 1.66. The van der Waals surface area contributed by atoms with Crippen LogP contribution >= 0.6 is 0 Å². The lowest BCUT2D eigenvalue weighted by molar-refractivity contribution is 0.102. The van der Waals surface area contributed by atoms with Crippen LogP contribution in [0.3, 0.4) is 0 Å². The van der Waals surface area contributed by atoms with E-state index in [1.54, 1.807) is 65.8 Å². The molecular formula is C29H27N5O4. The summed E-state index contributed by atoms with van der Waals surface area (Å²) in [6, 6.07) is 23.0. The third-order valence-corrected chi connectivity index (χ3v) is 6.00. The molecule has 1 aliphatic heterocycles. The molecule has 192 valence electrons. The number of anilines is 3. The van der Waals surface area contributed by atoms with Gasteiger partial charge < -0.3 is 30.7 Å². The van der Waals surface area contributed by atoms with Gasteiger partial charge in [0.1, 0.15) is 13.2 Å². The fourth-order valence-corrected chi connectivity index (χ4v) is 4.02. The first-order valence-corrected chi connectivity index (χ1v) is 12.1. The number of aromatic nitrogens is 1. The molecule has 2 heterocycles. The standard InChI is InChI=1S/C29H27N5O4/c30-24-3-1-2-4-25(24)33-28(35)22-7-5-20(6-8-22)18-34(19-21-11-13-31-14-12-21)29(36)32-23-9-10-26-27(17-23)38-16-15-37-26/h1-14,17H,15-16,18-19,30H2,(H,32,36)(H,33,35). The van der Waals surface area contributed by atoms with E-state index in [2.05, 4.69) is 15.6 Å². The van der Waals surface area contributed by atoms with Crippen LogP contribution in [0.1, 0.15) is 21.5 Å². The number of benzene rings is 3. The minimum Gasteiger partial charge on any atom is -0.486 e. The summed E-state index contributed by atoms with van der Waals surface area (Å²) < 4.78 is 11.2. The Labute approximate surface area is 220 Å². The number of para-hydroxylation sites is 2. The largest absolute Gasteiger partial charge is 0.486 e. The monoisotopic (exact) mass is 509 g/mol. The van der Waals surface area contributed by atoms with E-state index in [9.17, 15) is 9.59 Å². The van der Waals surface area contributed by atoms with Crippen molar-refractivity contribution in [3.05, 3.63) is 108 Å². The summed E-state index contributed by atoms with van der Waals surface area (Å²) in [5, 5.41) is 5.78. The number of carbonyl (C=O) groups excluding carboxylic acids is 2. The Bertz CT molecular complexity index is 1430. The smallest absolute Gasteiger partial charge is 0.322 e. The van der Waals surface area contributed by atoms with Crippen LogP contribution in [0.4, 0.5) is 21.9 Å². The first-order chi connectivity index (χ1) is 18.5. The van der Waals surface area contributed by atoms with Gasteiger partial charge in [0.05, 0.1) is 11.4 Å². The van der Waals surface area contributed by atoms with E-state index in [-0.39, 0.29) is 11.9 Å². The number of hydrogen-bond donors (Lipinski definition) is 3. The van der Waals surface area contributed by atoms with E-state index in [0.29, 0.717) is 60.4 Å².